The molecule has 4 N–H and O–H groups in total. The van der Waals surface area contributed by atoms with Gasteiger partial charge in [0, 0.05) is 18.7 Å². The molecule has 1 aromatic carbocycles. The highest BCUT2D eigenvalue weighted by atomic mass is 32.1. The molecule has 0 aliphatic carbocycles. The molecule has 5 nitrogen and oxygen atoms in total. The second-order valence-electron chi connectivity index (χ2n) is 5.87. The third-order valence-corrected chi connectivity index (χ3v) is 2.98. The largest absolute Gasteiger partial charge is 0.491 e. The van der Waals surface area contributed by atoms with Crippen LogP contribution in [-0.4, -0.2) is 58.6 Å². The van der Waals surface area contributed by atoms with Crippen molar-refractivity contribution in [1.29, 1.82) is 0 Å². The van der Waals surface area contributed by atoms with Crippen molar-refractivity contribution in [2.75, 3.05) is 26.7 Å². The van der Waals surface area contributed by atoms with Gasteiger partial charge in [-0.15, -0.1) is 0 Å². The lowest BCUT2D eigenvalue weighted by Gasteiger charge is -2.27. The first-order valence-electron chi connectivity index (χ1n) is 6.79. The number of benzene rings is 1. The molecule has 0 spiro atoms. The second kappa shape index (κ2) is 7.70. The summed E-state index contributed by atoms with van der Waals surface area (Å²) in [5.74, 6) is 0.615. The molecule has 1 aromatic rings. The molecular formula is C15H24N2O3S. The lowest BCUT2D eigenvalue weighted by molar-refractivity contribution is 0.0194. The second-order valence-corrected chi connectivity index (χ2v) is 6.31. The van der Waals surface area contributed by atoms with Gasteiger partial charge in [-0.25, -0.2) is 0 Å². The Kier molecular flexibility index (Phi) is 6.54. The highest BCUT2D eigenvalue weighted by molar-refractivity contribution is 7.80. The van der Waals surface area contributed by atoms with Crippen molar-refractivity contribution in [2.24, 2.45) is 5.73 Å². The van der Waals surface area contributed by atoms with Crippen LogP contribution in [0, 0.1) is 0 Å². The molecular weight excluding hydrogens is 288 g/mol. The predicted octanol–water partition coefficient (Wildman–Crippen LogP) is 0.763. The van der Waals surface area contributed by atoms with Gasteiger partial charge in [0.05, 0.1) is 5.60 Å². The highest BCUT2D eigenvalue weighted by Crippen LogP contribution is 2.13. The Bertz CT molecular complexity index is 474. The third-order valence-electron chi connectivity index (χ3n) is 2.74. The van der Waals surface area contributed by atoms with Crippen molar-refractivity contribution in [3.05, 3.63) is 29.8 Å². The summed E-state index contributed by atoms with van der Waals surface area (Å²) < 4.78 is 5.54. The van der Waals surface area contributed by atoms with Crippen LogP contribution in [0.15, 0.2) is 24.3 Å². The van der Waals surface area contributed by atoms with Gasteiger partial charge in [-0.1, -0.05) is 24.4 Å². The Morgan fingerprint density at radius 3 is 2.71 bits per heavy atom. The van der Waals surface area contributed by atoms with Gasteiger partial charge in [-0.2, -0.15) is 0 Å². The topological polar surface area (TPSA) is 79.0 Å². The van der Waals surface area contributed by atoms with E-state index in [2.05, 4.69) is 0 Å². The lowest BCUT2D eigenvalue weighted by Crippen LogP contribution is -2.41. The van der Waals surface area contributed by atoms with E-state index in [1.165, 1.54) is 0 Å². The van der Waals surface area contributed by atoms with Gasteiger partial charge < -0.3 is 25.6 Å². The number of ether oxygens (including phenoxy) is 1. The monoisotopic (exact) mass is 312 g/mol. The van der Waals surface area contributed by atoms with Crippen LogP contribution in [0.3, 0.4) is 0 Å². The smallest absolute Gasteiger partial charge is 0.120 e. The maximum absolute atomic E-state index is 9.96. The predicted molar refractivity (Wildman–Crippen MR) is 87.6 cm³/mol. The van der Waals surface area contributed by atoms with Crippen LogP contribution >= 0.6 is 12.2 Å². The average molecular weight is 312 g/mol. The Morgan fingerprint density at radius 2 is 2.14 bits per heavy atom. The van der Waals surface area contributed by atoms with Gasteiger partial charge in [-0.3, -0.25) is 0 Å². The number of hydrogen-bond acceptors (Lipinski definition) is 5. The van der Waals surface area contributed by atoms with E-state index >= 15 is 0 Å². The summed E-state index contributed by atoms with van der Waals surface area (Å²) in [6.45, 7) is 4.51. The Morgan fingerprint density at radius 1 is 1.48 bits per heavy atom. The van der Waals surface area contributed by atoms with Crippen molar-refractivity contribution in [2.45, 2.75) is 25.6 Å². The van der Waals surface area contributed by atoms with E-state index in [9.17, 15) is 10.2 Å². The number of likely N-dealkylation sites (N-methyl/N-ethyl adjacent to an activating group) is 1. The normalized spacial score (nSPS) is 13.2. The van der Waals surface area contributed by atoms with E-state index in [1.807, 2.05) is 18.0 Å². The van der Waals surface area contributed by atoms with Crippen LogP contribution < -0.4 is 10.5 Å². The SMILES string of the molecule is CN(CC(O)COc1cccc(C(N)=S)c1)CC(C)(C)O. The van der Waals surface area contributed by atoms with E-state index in [0.29, 0.717) is 23.8 Å². The van der Waals surface area contributed by atoms with E-state index in [-0.39, 0.29) is 6.61 Å². The van der Waals surface area contributed by atoms with E-state index in [1.54, 1.807) is 32.0 Å². The summed E-state index contributed by atoms with van der Waals surface area (Å²) in [6.07, 6.45) is -0.647. The van der Waals surface area contributed by atoms with E-state index in [4.69, 9.17) is 22.7 Å². The zero-order valence-corrected chi connectivity index (χ0v) is 13.6. The minimum atomic E-state index is -0.791. The maximum Gasteiger partial charge on any atom is 0.120 e. The molecule has 0 saturated heterocycles. The van der Waals surface area contributed by atoms with Crippen molar-refractivity contribution in [3.63, 3.8) is 0 Å². The molecule has 0 aliphatic rings. The quantitative estimate of drug-likeness (QED) is 0.615. The summed E-state index contributed by atoms with van der Waals surface area (Å²) in [6, 6.07) is 7.14. The van der Waals surface area contributed by atoms with Crippen LogP contribution in [0.1, 0.15) is 19.4 Å². The Labute approximate surface area is 131 Å². The van der Waals surface area contributed by atoms with Gasteiger partial charge >= 0.3 is 0 Å². The number of thiocarbonyl (C=S) groups is 1. The molecule has 21 heavy (non-hydrogen) atoms. The molecule has 0 aromatic heterocycles. The molecule has 0 aliphatic heterocycles. The fraction of sp³-hybridized carbons (Fsp3) is 0.533. The van der Waals surface area contributed by atoms with Crippen LogP contribution in [-0.2, 0) is 0 Å². The molecule has 0 bridgehead atoms. The molecule has 0 heterocycles. The average Bonchev–Trinajstić information content (AvgIpc) is 2.34. The summed E-state index contributed by atoms with van der Waals surface area (Å²) in [5.41, 5.74) is 5.50. The molecule has 118 valence electrons. The van der Waals surface area contributed by atoms with Crippen molar-refractivity contribution in [3.8, 4) is 5.75 Å². The molecule has 0 saturated carbocycles. The maximum atomic E-state index is 9.96. The fourth-order valence-electron chi connectivity index (χ4n) is 2.07. The van der Waals surface area contributed by atoms with Gasteiger partial charge in [-0.05, 0) is 33.0 Å². The first kappa shape index (κ1) is 17.8. The number of aliphatic hydroxyl groups is 2. The first-order valence-corrected chi connectivity index (χ1v) is 7.20. The summed E-state index contributed by atoms with van der Waals surface area (Å²) in [4.78, 5) is 2.17. The van der Waals surface area contributed by atoms with Crippen molar-refractivity contribution >= 4 is 17.2 Å². The summed E-state index contributed by atoms with van der Waals surface area (Å²) >= 11 is 4.91. The zero-order chi connectivity index (χ0) is 16.0. The summed E-state index contributed by atoms with van der Waals surface area (Å²) in [7, 11) is 1.84. The Balaban J connectivity index is 2.44. The number of nitrogens with zero attached hydrogens (tertiary/aromatic N) is 1. The molecule has 0 radical (unpaired) electrons. The van der Waals surface area contributed by atoms with Crippen LogP contribution in [0.4, 0.5) is 0 Å². The minimum Gasteiger partial charge on any atom is -0.491 e. The first-order chi connectivity index (χ1) is 9.67. The third kappa shape index (κ3) is 7.38. The Hall–Kier alpha value is -1.21. The van der Waals surface area contributed by atoms with Crippen LogP contribution in [0.25, 0.3) is 0 Å². The molecule has 0 fully saturated rings. The number of nitrogens with two attached hydrogens (primary N) is 1. The molecule has 6 heteroatoms. The standard InChI is InChI=1S/C15H24N2O3S/c1-15(2,19)10-17(3)8-12(18)9-20-13-6-4-5-11(7-13)14(16)21/h4-7,12,18-19H,8-10H2,1-3H3,(H2,16,21). The fourth-order valence-corrected chi connectivity index (χ4v) is 2.20. The van der Waals surface area contributed by atoms with Gasteiger partial charge in [0.1, 0.15) is 23.4 Å². The van der Waals surface area contributed by atoms with Crippen molar-refractivity contribution < 1.29 is 14.9 Å². The molecule has 1 unspecified atom stereocenters. The van der Waals surface area contributed by atoms with Gasteiger partial charge in [0.15, 0.2) is 0 Å². The van der Waals surface area contributed by atoms with E-state index in [0.717, 1.165) is 5.56 Å². The van der Waals surface area contributed by atoms with E-state index < -0.39 is 11.7 Å². The summed E-state index contributed by atoms with van der Waals surface area (Å²) in [5, 5.41) is 19.7. The molecule has 1 atom stereocenters. The minimum absolute atomic E-state index is 0.164. The number of aliphatic hydroxyl groups excluding tert-OH is 1. The number of rotatable bonds is 8. The number of hydrogen-bond donors (Lipinski definition) is 3. The van der Waals surface area contributed by atoms with Crippen molar-refractivity contribution in [1.82, 2.24) is 4.90 Å². The van der Waals surface area contributed by atoms with Crippen LogP contribution in [0.5, 0.6) is 5.75 Å². The zero-order valence-electron chi connectivity index (χ0n) is 12.7. The van der Waals surface area contributed by atoms with Gasteiger partial charge in [0.2, 0.25) is 0 Å². The van der Waals surface area contributed by atoms with Crippen LogP contribution in [0.2, 0.25) is 0 Å². The van der Waals surface area contributed by atoms with Gasteiger partial charge in [0.25, 0.3) is 0 Å². The highest BCUT2D eigenvalue weighted by Gasteiger charge is 2.18. The molecule has 1 rings (SSSR count). The molecule has 0 amide bonds. The lowest BCUT2D eigenvalue weighted by atomic mass is 10.1.